The summed E-state index contributed by atoms with van der Waals surface area (Å²) in [5, 5.41) is 10.2. The van der Waals surface area contributed by atoms with Crippen molar-refractivity contribution < 1.29 is 13.2 Å². The molecule has 1 amide bonds. The zero-order valence-electron chi connectivity index (χ0n) is 17.0. The molecule has 2 N–H and O–H groups in total. The summed E-state index contributed by atoms with van der Waals surface area (Å²) in [7, 11) is -3.78. The highest BCUT2D eigenvalue weighted by atomic mass is 32.2. The second-order valence-corrected chi connectivity index (χ2v) is 10.2. The fourth-order valence-electron chi connectivity index (χ4n) is 3.42. The van der Waals surface area contributed by atoms with Gasteiger partial charge in [-0.25, -0.2) is 13.1 Å². The molecule has 4 rings (SSSR count). The average Bonchev–Trinajstić information content (AvgIpc) is 3.39. The van der Waals surface area contributed by atoms with E-state index in [-0.39, 0.29) is 15.4 Å². The zero-order valence-corrected chi connectivity index (χ0v) is 18.7. The van der Waals surface area contributed by atoms with Gasteiger partial charge >= 0.3 is 0 Å². The Balaban J connectivity index is 1.29. The maximum absolute atomic E-state index is 12.5. The molecule has 1 aliphatic heterocycles. The van der Waals surface area contributed by atoms with Gasteiger partial charge in [-0.3, -0.25) is 10.1 Å². The van der Waals surface area contributed by atoms with Crippen molar-refractivity contribution >= 4 is 38.1 Å². The number of fused-ring (bicyclic) bond motifs is 1. The molecule has 2 heterocycles. The number of aryl methyl sites for hydroxylation is 1. The summed E-state index contributed by atoms with van der Waals surface area (Å²) in [6, 6.07) is 15.3. The van der Waals surface area contributed by atoms with Crippen molar-refractivity contribution in [2.75, 3.05) is 29.9 Å². The molecular weight excluding hydrogens is 434 g/mol. The predicted molar refractivity (Wildman–Crippen MR) is 121 cm³/mol. The van der Waals surface area contributed by atoms with E-state index in [4.69, 9.17) is 0 Å². The lowest BCUT2D eigenvalue weighted by Crippen LogP contribution is -2.29. The molecule has 0 unspecified atom stereocenters. The van der Waals surface area contributed by atoms with E-state index < -0.39 is 10.0 Å². The van der Waals surface area contributed by atoms with Crippen molar-refractivity contribution in [2.45, 2.75) is 24.1 Å². The molecule has 8 nitrogen and oxygen atoms in total. The number of hydrogen-bond donors (Lipinski definition) is 2. The third-order valence-electron chi connectivity index (χ3n) is 5.05. The van der Waals surface area contributed by atoms with Gasteiger partial charge in [-0.15, -0.1) is 10.2 Å². The number of amides is 1. The number of nitrogens with zero attached hydrogens (tertiary/aromatic N) is 3. The minimum absolute atomic E-state index is 0.139. The van der Waals surface area contributed by atoms with Gasteiger partial charge in [0.25, 0.3) is 15.9 Å². The molecule has 0 fully saturated rings. The van der Waals surface area contributed by atoms with Crippen molar-refractivity contribution in [1.82, 2.24) is 14.9 Å². The van der Waals surface area contributed by atoms with E-state index in [1.54, 1.807) is 12.1 Å². The third-order valence-corrected chi connectivity index (χ3v) is 7.72. The molecule has 0 aliphatic carbocycles. The highest BCUT2D eigenvalue weighted by Gasteiger charge is 2.22. The lowest BCUT2D eigenvalue weighted by Gasteiger charge is -2.19. The van der Waals surface area contributed by atoms with Crippen LogP contribution in [0.2, 0.25) is 0 Å². The number of nitrogens with one attached hydrogen (secondary N) is 2. The maximum atomic E-state index is 12.5. The Morgan fingerprint density at radius 2 is 1.90 bits per heavy atom. The molecule has 31 heavy (non-hydrogen) atoms. The van der Waals surface area contributed by atoms with Crippen molar-refractivity contribution in [3.8, 4) is 0 Å². The highest BCUT2D eigenvalue weighted by Crippen LogP contribution is 2.27. The van der Waals surface area contributed by atoms with Crippen LogP contribution >= 0.6 is 11.3 Å². The third kappa shape index (κ3) is 5.09. The number of carbonyl (C=O) groups is 1. The molecule has 1 aromatic heterocycles. The summed E-state index contributed by atoms with van der Waals surface area (Å²) in [6.07, 6.45) is 1.69. The summed E-state index contributed by atoms with van der Waals surface area (Å²) in [5.41, 5.74) is 4.06. The smallest absolute Gasteiger partial charge is 0.269 e. The minimum Gasteiger partial charge on any atom is -0.371 e. The molecule has 0 spiro atoms. The Morgan fingerprint density at radius 1 is 1.13 bits per heavy atom. The highest BCUT2D eigenvalue weighted by molar-refractivity contribution is 7.91. The van der Waals surface area contributed by atoms with Gasteiger partial charge in [0.1, 0.15) is 0 Å². The molecular formula is C21H23N5O3S2. The van der Waals surface area contributed by atoms with Crippen LogP contribution in [0.5, 0.6) is 0 Å². The molecule has 0 radical (unpaired) electrons. The Kier molecular flexibility index (Phi) is 6.30. The summed E-state index contributed by atoms with van der Waals surface area (Å²) < 4.78 is 27.4. The number of rotatable bonds is 8. The number of benzene rings is 2. The van der Waals surface area contributed by atoms with Crippen molar-refractivity contribution in [1.29, 1.82) is 0 Å². The topological polar surface area (TPSA) is 104 Å². The predicted octanol–water partition coefficient (Wildman–Crippen LogP) is 2.83. The van der Waals surface area contributed by atoms with Crippen molar-refractivity contribution in [3.05, 3.63) is 65.2 Å². The molecule has 0 bridgehead atoms. The van der Waals surface area contributed by atoms with Crippen LogP contribution in [0.15, 0.2) is 52.9 Å². The molecule has 0 saturated heterocycles. The van der Waals surface area contributed by atoms with Crippen LogP contribution in [-0.2, 0) is 16.4 Å². The molecule has 10 heteroatoms. The molecule has 1 aliphatic rings. The molecule has 162 valence electrons. The van der Waals surface area contributed by atoms with Crippen LogP contribution in [-0.4, -0.2) is 44.2 Å². The van der Waals surface area contributed by atoms with E-state index in [1.165, 1.54) is 11.3 Å². The van der Waals surface area contributed by atoms with Crippen LogP contribution in [0.1, 0.15) is 27.9 Å². The second-order valence-electron chi connectivity index (χ2n) is 7.31. The van der Waals surface area contributed by atoms with Crippen LogP contribution in [0.25, 0.3) is 0 Å². The van der Waals surface area contributed by atoms with E-state index in [2.05, 4.69) is 37.3 Å². The monoisotopic (exact) mass is 457 g/mol. The SMILES string of the molecule is Cc1ccc(C(=O)Nc2nnc(S(=O)(=O)NCCCN3CCc4ccccc43)s2)cc1. The summed E-state index contributed by atoms with van der Waals surface area (Å²) in [6.45, 7) is 3.95. The van der Waals surface area contributed by atoms with Crippen LogP contribution in [0.3, 0.4) is 0 Å². The normalized spacial score (nSPS) is 13.3. The Hall–Kier alpha value is -2.82. The average molecular weight is 458 g/mol. The first-order chi connectivity index (χ1) is 14.9. The van der Waals surface area contributed by atoms with Crippen LogP contribution in [0, 0.1) is 6.92 Å². The molecule has 2 aromatic carbocycles. The standard InChI is InChI=1S/C21H23N5O3S2/c1-15-7-9-17(10-8-15)19(27)23-20-24-25-21(30-20)31(28,29)22-12-4-13-26-14-11-16-5-2-3-6-18(16)26/h2-3,5-10,22H,4,11-14H2,1H3,(H,23,24,27). The number of sulfonamides is 1. The van der Waals surface area contributed by atoms with Gasteiger partial charge in [-0.2, -0.15) is 0 Å². The zero-order chi connectivity index (χ0) is 21.8. The first-order valence-corrected chi connectivity index (χ1v) is 12.3. The lowest BCUT2D eigenvalue weighted by atomic mass is 10.1. The van der Waals surface area contributed by atoms with Gasteiger partial charge < -0.3 is 4.90 Å². The fraction of sp³-hybridized carbons (Fsp3) is 0.286. The Labute approximate surface area is 185 Å². The molecule has 0 atom stereocenters. The Bertz CT molecular complexity index is 1180. The summed E-state index contributed by atoms with van der Waals surface area (Å²) >= 11 is 0.825. The van der Waals surface area contributed by atoms with Gasteiger partial charge in [0.2, 0.25) is 9.47 Å². The van der Waals surface area contributed by atoms with Gasteiger partial charge in [-0.05, 0) is 43.5 Å². The summed E-state index contributed by atoms with van der Waals surface area (Å²) in [5.74, 6) is -0.362. The van der Waals surface area contributed by atoms with Crippen LogP contribution < -0.4 is 14.9 Å². The number of para-hydroxylation sites is 1. The first-order valence-electron chi connectivity index (χ1n) is 9.96. The second kappa shape index (κ2) is 9.13. The minimum atomic E-state index is -3.78. The largest absolute Gasteiger partial charge is 0.371 e. The van der Waals surface area contributed by atoms with E-state index in [9.17, 15) is 13.2 Å². The lowest BCUT2D eigenvalue weighted by molar-refractivity contribution is 0.102. The molecule has 0 saturated carbocycles. The van der Waals surface area contributed by atoms with Gasteiger partial charge in [0.05, 0.1) is 0 Å². The number of hydrogen-bond acceptors (Lipinski definition) is 7. The van der Waals surface area contributed by atoms with Crippen LogP contribution in [0.4, 0.5) is 10.8 Å². The Morgan fingerprint density at radius 3 is 2.71 bits per heavy atom. The van der Waals surface area contributed by atoms with E-state index in [0.29, 0.717) is 18.5 Å². The number of carbonyl (C=O) groups excluding carboxylic acids is 1. The van der Waals surface area contributed by atoms with Crippen molar-refractivity contribution in [3.63, 3.8) is 0 Å². The number of anilines is 2. The van der Waals surface area contributed by atoms with E-state index in [1.807, 2.05) is 31.2 Å². The quantitative estimate of drug-likeness (QED) is 0.398. The fourth-order valence-corrected chi connectivity index (χ4v) is 5.43. The summed E-state index contributed by atoms with van der Waals surface area (Å²) in [4.78, 5) is 14.5. The first kappa shape index (κ1) is 21.4. The van der Waals surface area contributed by atoms with Gasteiger partial charge in [0, 0.05) is 30.9 Å². The maximum Gasteiger partial charge on any atom is 0.269 e. The van der Waals surface area contributed by atoms with Crippen molar-refractivity contribution in [2.24, 2.45) is 0 Å². The van der Waals surface area contributed by atoms with Gasteiger partial charge in [0.15, 0.2) is 0 Å². The number of aromatic nitrogens is 2. The van der Waals surface area contributed by atoms with Gasteiger partial charge in [-0.1, -0.05) is 47.2 Å². The van der Waals surface area contributed by atoms with E-state index in [0.717, 1.165) is 36.4 Å². The van der Waals surface area contributed by atoms with E-state index >= 15 is 0 Å². The molecule has 3 aromatic rings.